The summed E-state index contributed by atoms with van der Waals surface area (Å²) < 4.78 is 0. The Bertz CT molecular complexity index is 775. The highest BCUT2D eigenvalue weighted by atomic mass is 16.2. The van der Waals surface area contributed by atoms with Crippen molar-refractivity contribution in [3.8, 4) is 0 Å². The summed E-state index contributed by atoms with van der Waals surface area (Å²) >= 11 is 0. The van der Waals surface area contributed by atoms with E-state index in [0.29, 0.717) is 0 Å². The highest BCUT2D eigenvalue weighted by Crippen LogP contribution is 2.34. The normalized spacial score (nSPS) is 24.0. The Kier molecular flexibility index (Phi) is 4.74. The Morgan fingerprint density at radius 1 is 1.04 bits per heavy atom. The molecule has 26 heavy (non-hydrogen) atoms. The number of benzene rings is 2. The molecule has 2 heterocycles. The van der Waals surface area contributed by atoms with Gasteiger partial charge in [-0.25, -0.2) is 10.9 Å². The average Bonchev–Trinajstić information content (AvgIpc) is 3.23. The minimum atomic E-state index is -0.152. The Morgan fingerprint density at radius 3 is 2.50 bits per heavy atom. The second-order valence-corrected chi connectivity index (χ2v) is 7.32. The summed E-state index contributed by atoms with van der Waals surface area (Å²) in [5.41, 5.74) is 14.7. The van der Waals surface area contributed by atoms with Gasteiger partial charge < -0.3 is 4.90 Å². The second-order valence-electron chi connectivity index (χ2n) is 7.32. The molecule has 0 aliphatic carbocycles. The zero-order valence-electron chi connectivity index (χ0n) is 15.0. The molecular formula is C20H25N5O. The van der Waals surface area contributed by atoms with Crippen LogP contribution in [0.3, 0.4) is 0 Å². The Balaban J connectivity index is 1.59. The molecule has 0 bridgehead atoms. The predicted molar refractivity (Wildman–Crippen MR) is 101 cm³/mol. The molecule has 4 N–H and O–H groups in total. The van der Waals surface area contributed by atoms with E-state index in [1.54, 1.807) is 0 Å². The van der Waals surface area contributed by atoms with Crippen molar-refractivity contribution in [3.63, 3.8) is 0 Å². The number of carbonyl (C=O) groups is 1. The SMILES string of the molecule is CC1(c2ccccc2)CCCN(C(=O)c2ccccc2C2NNNN2)C1. The average molecular weight is 351 g/mol. The van der Waals surface area contributed by atoms with Crippen LogP contribution in [0.25, 0.3) is 0 Å². The van der Waals surface area contributed by atoms with Crippen molar-refractivity contribution in [2.75, 3.05) is 13.1 Å². The van der Waals surface area contributed by atoms with E-state index in [9.17, 15) is 4.79 Å². The lowest BCUT2D eigenvalue weighted by atomic mass is 9.76. The zero-order valence-corrected chi connectivity index (χ0v) is 15.0. The van der Waals surface area contributed by atoms with E-state index in [2.05, 4.69) is 53.1 Å². The van der Waals surface area contributed by atoms with Crippen LogP contribution in [-0.4, -0.2) is 23.9 Å². The monoisotopic (exact) mass is 351 g/mol. The third kappa shape index (κ3) is 3.24. The van der Waals surface area contributed by atoms with Crippen LogP contribution in [0, 0.1) is 0 Å². The van der Waals surface area contributed by atoms with E-state index in [4.69, 9.17) is 0 Å². The summed E-state index contributed by atoms with van der Waals surface area (Å²) in [6.07, 6.45) is 1.96. The van der Waals surface area contributed by atoms with Gasteiger partial charge in [0.1, 0.15) is 6.17 Å². The van der Waals surface area contributed by atoms with E-state index < -0.39 is 0 Å². The number of nitrogens with zero attached hydrogens (tertiary/aromatic N) is 1. The molecule has 2 fully saturated rings. The lowest BCUT2D eigenvalue weighted by Crippen LogP contribution is -2.47. The van der Waals surface area contributed by atoms with E-state index >= 15 is 0 Å². The highest BCUT2D eigenvalue weighted by Gasteiger charge is 2.35. The molecule has 2 aromatic carbocycles. The van der Waals surface area contributed by atoms with Gasteiger partial charge in [0.05, 0.1) is 0 Å². The van der Waals surface area contributed by atoms with Gasteiger partial charge in [-0.15, -0.1) is 0 Å². The van der Waals surface area contributed by atoms with E-state index in [1.165, 1.54) is 5.56 Å². The van der Waals surface area contributed by atoms with Crippen molar-refractivity contribution in [3.05, 3.63) is 71.3 Å². The molecule has 136 valence electrons. The molecule has 2 aliphatic heterocycles. The molecule has 0 aromatic heterocycles. The van der Waals surface area contributed by atoms with Crippen LogP contribution in [0.5, 0.6) is 0 Å². The Hall–Kier alpha value is -2.25. The Morgan fingerprint density at radius 2 is 1.73 bits per heavy atom. The second kappa shape index (κ2) is 7.17. The van der Waals surface area contributed by atoms with Gasteiger partial charge in [0.15, 0.2) is 0 Å². The highest BCUT2D eigenvalue weighted by molar-refractivity contribution is 5.96. The van der Waals surface area contributed by atoms with Crippen LogP contribution < -0.4 is 21.9 Å². The van der Waals surface area contributed by atoms with Gasteiger partial charge in [0, 0.05) is 24.1 Å². The van der Waals surface area contributed by atoms with Crippen molar-refractivity contribution in [1.82, 2.24) is 26.8 Å². The first-order valence-corrected chi connectivity index (χ1v) is 9.12. The molecule has 1 unspecified atom stereocenters. The molecule has 0 spiro atoms. The number of nitrogens with one attached hydrogen (secondary N) is 4. The van der Waals surface area contributed by atoms with Gasteiger partial charge in [-0.1, -0.05) is 55.5 Å². The first-order valence-electron chi connectivity index (χ1n) is 9.12. The topological polar surface area (TPSA) is 68.4 Å². The first kappa shape index (κ1) is 17.2. The standard InChI is InChI=1S/C20H25N5O/c1-20(15-8-3-2-4-9-15)12-7-13-25(14-20)19(26)17-11-6-5-10-16(17)18-21-23-24-22-18/h2-6,8-11,18,21-24H,7,12-14H2,1H3. The fourth-order valence-electron chi connectivity index (χ4n) is 4.01. The molecule has 1 atom stereocenters. The maximum Gasteiger partial charge on any atom is 0.254 e. The van der Waals surface area contributed by atoms with Gasteiger partial charge in [-0.3, -0.25) is 4.79 Å². The van der Waals surface area contributed by atoms with Gasteiger partial charge in [0.25, 0.3) is 5.91 Å². The van der Waals surface area contributed by atoms with Crippen LogP contribution in [0.2, 0.25) is 0 Å². The smallest absolute Gasteiger partial charge is 0.254 e. The molecule has 4 rings (SSSR count). The molecule has 1 amide bonds. The number of amides is 1. The summed E-state index contributed by atoms with van der Waals surface area (Å²) in [4.78, 5) is 15.3. The largest absolute Gasteiger partial charge is 0.338 e. The third-order valence-electron chi connectivity index (χ3n) is 5.45. The number of hydrogen-bond acceptors (Lipinski definition) is 5. The molecule has 6 nitrogen and oxygen atoms in total. The molecule has 0 saturated carbocycles. The molecule has 6 heteroatoms. The van der Waals surface area contributed by atoms with Gasteiger partial charge in [-0.2, -0.15) is 11.1 Å². The number of piperidine rings is 1. The zero-order chi connectivity index (χ0) is 18.0. The van der Waals surface area contributed by atoms with Crippen molar-refractivity contribution in [2.24, 2.45) is 0 Å². The number of carbonyl (C=O) groups excluding carboxylic acids is 1. The summed E-state index contributed by atoms with van der Waals surface area (Å²) in [7, 11) is 0. The van der Waals surface area contributed by atoms with E-state index in [0.717, 1.165) is 37.1 Å². The molecule has 2 saturated heterocycles. The van der Waals surface area contributed by atoms with Crippen LogP contribution >= 0.6 is 0 Å². The lowest BCUT2D eigenvalue weighted by molar-refractivity contribution is 0.0649. The van der Waals surface area contributed by atoms with Crippen molar-refractivity contribution >= 4 is 5.91 Å². The quantitative estimate of drug-likeness (QED) is 0.681. The Labute approximate surface area is 153 Å². The molecule has 0 radical (unpaired) electrons. The number of hydrazine groups is 3. The molecule has 2 aromatic rings. The maximum absolute atomic E-state index is 13.3. The van der Waals surface area contributed by atoms with Gasteiger partial charge in [0.2, 0.25) is 0 Å². The van der Waals surface area contributed by atoms with Crippen molar-refractivity contribution in [2.45, 2.75) is 31.3 Å². The fraction of sp³-hybridized carbons (Fsp3) is 0.350. The predicted octanol–water partition coefficient (Wildman–Crippen LogP) is 2.00. The van der Waals surface area contributed by atoms with E-state index in [-0.39, 0.29) is 17.5 Å². The number of likely N-dealkylation sites (tertiary alicyclic amines) is 1. The molecule has 2 aliphatic rings. The summed E-state index contributed by atoms with van der Waals surface area (Å²) in [6.45, 7) is 3.81. The maximum atomic E-state index is 13.3. The van der Waals surface area contributed by atoms with Crippen LogP contribution in [0.4, 0.5) is 0 Å². The summed E-state index contributed by atoms with van der Waals surface area (Å²) in [5.74, 6) is 0.0953. The van der Waals surface area contributed by atoms with Crippen molar-refractivity contribution in [1.29, 1.82) is 0 Å². The fourth-order valence-corrected chi connectivity index (χ4v) is 4.01. The minimum Gasteiger partial charge on any atom is -0.338 e. The van der Waals surface area contributed by atoms with Gasteiger partial charge >= 0.3 is 0 Å². The van der Waals surface area contributed by atoms with E-state index in [1.807, 2.05) is 35.2 Å². The van der Waals surface area contributed by atoms with Crippen LogP contribution in [0.1, 0.15) is 47.4 Å². The van der Waals surface area contributed by atoms with Crippen molar-refractivity contribution < 1.29 is 4.79 Å². The minimum absolute atomic E-state index is 0.00289. The lowest BCUT2D eigenvalue weighted by Gasteiger charge is -2.41. The molecular weight excluding hydrogens is 326 g/mol. The van der Waals surface area contributed by atoms with Gasteiger partial charge in [-0.05, 0) is 30.0 Å². The number of hydrogen-bond donors (Lipinski definition) is 4. The summed E-state index contributed by atoms with van der Waals surface area (Å²) in [6, 6.07) is 18.3. The third-order valence-corrected chi connectivity index (χ3v) is 5.45. The van der Waals surface area contributed by atoms with Crippen LogP contribution in [-0.2, 0) is 5.41 Å². The number of rotatable bonds is 3. The van der Waals surface area contributed by atoms with Crippen LogP contribution in [0.15, 0.2) is 54.6 Å². The first-order chi connectivity index (χ1) is 12.7. The summed E-state index contributed by atoms with van der Waals surface area (Å²) in [5, 5.41) is 0.